The zero-order chi connectivity index (χ0) is 11.4. The molecule has 2 atom stereocenters. The van der Waals surface area contributed by atoms with Gasteiger partial charge in [-0.2, -0.15) is 0 Å². The highest BCUT2D eigenvalue weighted by atomic mass is 16.3. The van der Waals surface area contributed by atoms with Crippen molar-refractivity contribution in [2.75, 3.05) is 6.61 Å². The fourth-order valence-corrected chi connectivity index (χ4v) is 2.64. The molecule has 0 aromatic heterocycles. The van der Waals surface area contributed by atoms with Crippen molar-refractivity contribution in [2.45, 2.75) is 38.0 Å². The summed E-state index contributed by atoms with van der Waals surface area (Å²) in [7, 11) is 0. The molecule has 1 saturated carbocycles. The summed E-state index contributed by atoms with van der Waals surface area (Å²) in [5.74, 6) is 1.45. The zero-order valence-electron chi connectivity index (χ0n) is 9.60. The van der Waals surface area contributed by atoms with Crippen LogP contribution in [0, 0.1) is 5.92 Å². The second kappa shape index (κ2) is 5.35. The second-order valence-corrected chi connectivity index (χ2v) is 4.85. The minimum atomic E-state index is 0.336. The van der Waals surface area contributed by atoms with E-state index in [1.165, 1.54) is 18.4 Å². The minimum absolute atomic E-state index is 0.336. The Bertz CT molecular complexity index is 318. The summed E-state index contributed by atoms with van der Waals surface area (Å²) < 4.78 is 0. The average molecular weight is 220 g/mol. The first kappa shape index (κ1) is 11.5. The molecule has 0 spiro atoms. The summed E-state index contributed by atoms with van der Waals surface area (Å²) in [6.07, 6.45) is 5.86. The second-order valence-electron chi connectivity index (χ2n) is 4.85. The van der Waals surface area contributed by atoms with Gasteiger partial charge in [0.05, 0.1) is 0 Å². The number of benzene rings is 1. The average Bonchev–Trinajstić information content (AvgIpc) is 2.55. The molecule has 1 fully saturated rings. The monoisotopic (exact) mass is 220 g/mol. The molecule has 0 saturated heterocycles. The first-order valence-corrected chi connectivity index (χ1v) is 6.19. The lowest BCUT2D eigenvalue weighted by molar-refractivity contribution is 0.212. The molecule has 0 bridgehead atoms. The van der Waals surface area contributed by atoms with Crippen LogP contribution in [0.5, 0.6) is 5.75 Å². The number of hydrogen-bond acceptors (Lipinski definition) is 2. The van der Waals surface area contributed by atoms with E-state index in [1.54, 1.807) is 12.1 Å². The minimum Gasteiger partial charge on any atom is -0.508 e. The quantitative estimate of drug-likeness (QED) is 0.752. The van der Waals surface area contributed by atoms with Gasteiger partial charge in [-0.05, 0) is 55.2 Å². The van der Waals surface area contributed by atoms with Crippen molar-refractivity contribution in [3.05, 3.63) is 29.8 Å². The summed E-state index contributed by atoms with van der Waals surface area (Å²) in [5.41, 5.74) is 1.33. The first-order chi connectivity index (χ1) is 7.79. The Kier molecular flexibility index (Phi) is 3.83. The van der Waals surface area contributed by atoms with Gasteiger partial charge in [0.2, 0.25) is 0 Å². The van der Waals surface area contributed by atoms with Crippen LogP contribution in [0.25, 0.3) is 0 Å². The van der Waals surface area contributed by atoms with Crippen molar-refractivity contribution in [3.63, 3.8) is 0 Å². The molecule has 1 aromatic carbocycles. The maximum absolute atomic E-state index is 9.26. The Hall–Kier alpha value is -1.02. The lowest BCUT2D eigenvalue weighted by atomic mass is 9.91. The molecule has 1 aliphatic rings. The van der Waals surface area contributed by atoms with Crippen LogP contribution in [0.3, 0.4) is 0 Å². The predicted molar refractivity (Wildman–Crippen MR) is 64.5 cm³/mol. The van der Waals surface area contributed by atoms with Gasteiger partial charge in [0.25, 0.3) is 0 Å². The molecule has 2 nitrogen and oxygen atoms in total. The Balaban J connectivity index is 2.02. The van der Waals surface area contributed by atoms with Gasteiger partial charge < -0.3 is 10.2 Å². The number of hydrogen-bond donors (Lipinski definition) is 2. The van der Waals surface area contributed by atoms with Crippen molar-refractivity contribution in [3.8, 4) is 5.75 Å². The van der Waals surface area contributed by atoms with Crippen LogP contribution in [0.15, 0.2) is 24.3 Å². The molecule has 0 aliphatic heterocycles. The molecule has 1 aromatic rings. The predicted octanol–water partition coefficient (Wildman–Crippen LogP) is 3.05. The van der Waals surface area contributed by atoms with E-state index in [-0.39, 0.29) is 0 Å². The first-order valence-electron chi connectivity index (χ1n) is 6.19. The van der Waals surface area contributed by atoms with Crippen LogP contribution in [0.2, 0.25) is 0 Å². The van der Waals surface area contributed by atoms with Crippen molar-refractivity contribution in [1.29, 1.82) is 0 Å². The fraction of sp³-hybridized carbons (Fsp3) is 0.571. The summed E-state index contributed by atoms with van der Waals surface area (Å²) >= 11 is 0. The van der Waals surface area contributed by atoms with Gasteiger partial charge in [-0.1, -0.05) is 18.6 Å². The molecular formula is C14H20O2. The zero-order valence-corrected chi connectivity index (χ0v) is 9.60. The third-order valence-corrected chi connectivity index (χ3v) is 3.71. The maximum atomic E-state index is 9.26. The van der Waals surface area contributed by atoms with E-state index >= 15 is 0 Å². The smallest absolute Gasteiger partial charge is 0.115 e. The summed E-state index contributed by atoms with van der Waals surface area (Å²) in [5, 5.41) is 18.4. The van der Waals surface area contributed by atoms with E-state index in [1.807, 2.05) is 12.1 Å². The van der Waals surface area contributed by atoms with Crippen LogP contribution in [0.4, 0.5) is 0 Å². The molecule has 0 unspecified atom stereocenters. The topological polar surface area (TPSA) is 40.5 Å². The number of aliphatic hydroxyl groups excluding tert-OH is 1. The molecule has 1 aliphatic carbocycles. The van der Waals surface area contributed by atoms with Crippen molar-refractivity contribution >= 4 is 0 Å². The standard InChI is InChI=1S/C14H20O2/c15-10-11-2-1-3-12(5-4-11)13-6-8-14(16)9-7-13/h6-9,11-12,15-16H,1-5,10H2/t11-,12-/m1/s1. The number of phenols is 1. The summed E-state index contributed by atoms with van der Waals surface area (Å²) in [4.78, 5) is 0. The highest BCUT2D eigenvalue weighted by molar-refractivity contribution is 5.28. The highest BCUT2D eigenvalue weighted by Crippen LogP contribution is 2.34. The molecule has 0 heterocycles. The fourth-order valence-electron chi connectivity index (χ4n) is 2.64. The third-order valence-electron chi connectivity index (χ3n) is 3.71. The van der Waals surface area contributed by atoms with Crippen molar-refractivity contribution in [1.82, 2.24) is 0 Å². The molecule has 0 amide bonds. The molecule has 2 N–H and O–H groups in total. The Morgan fingerprint density at radius 3 is 2.44 bits per heavy atom. The van der Waals surface area contributed by atoms with Crippen LogP contribution in [-0.4, -0.2) is 16.8 Å². The lowest BCUT2D eigenvalue weighted by Gasteiger charge is -2.14. The normalized spacial score (nSPS) is 26.3. The van der Waals surface area contributed by atoms with E-state index in [2.05, 4.69) is 0 Å². The van der Waals surface area contributed by atoms with Gasteiger partial charge in [0, 0.05) is 6.61 Å². The molecule has 88 valence electrons. The molecule has 2 rings (SSSR count). The van der Waals surface area contributed by atoms with Crippen LogP contribution in [-0.2, 0) is 0 Å². The summed E-state index contributed by atoms with van der Waals surface area (Å²) in [6, 6.07) is 7.59. The Labute approximate surface area is 96.9 Å². The molecule has 16 heavy (non-hydrogen) atoms. The van der Waals surface area contributed by atoms with Crippen molar-refractivity contribution < 1.29 is 10.2 Å². The third kappa shape index (κ3) is 2.76. The summed E-state index contributed by atoms with van der Waals surface area (Å²) in [6.45, 7) is 0.336. The van der Waals surface area contributed by atoms with E-state index in [9.17, 15) is 10.2 Å². The van der Waals surface area contributed by atoms with E-state index in [0.29, 0.717) is 24.2 Å². The lowest BCUT2D eigenvalue weighted by Crippen LogP contribution is -2.04. The van der Waals surface area contributed by atoms with Gasteiger partial charge in [0.15, 0.2) is 0 Å². The van der Waals surface area contributed by atoms with Crippen LogP contribution in [0.1, 0.15) is 43.6 Å². The van der Waals surface area contributed by atoms with Gasteiger partial charge in [-0.15, -0.1) is 0 Å². The van der Waals surface area contributed by atoms with Gasteiger partial charge in [-0.25, -0.2) is 0 Å². The number of aliphatic hydroxyl groups is 1. The largest absolute Gasteiger partial charge is 0.508 e. The molecule has 2 heteroatoms. The number of aromatic hydroxyl groups is 1. The van der Waals surface area contributed by atoms with E-state index in [4.69, 9.17) is 0 Å². The van der Waals surface area contributed by atoms with Crippen LogP contribution >= 0.6 is 0 Å². The van der Waals surface area contributed by atoms with E-state index in [0.717, 1.165) is 19.3 Å². The number of rotatable bonds is 2. The Morgan fingerprint density at radius 1 is 1.00 bits per heavy atom. The highest BCUT2D eigenvalue weighted by Gasteiger charge is 2.19. The van der Waals surface area contributed by atoms with Gasteiger partial charge >= 0.3 is 0 Å². The Morgan fingerprint density at radius 2 is 1.75 bits per heavy atom. The maximum Gasteiger partial charge on any atom is 0.115 e. The SMILES string of the molecule is OC[C@@H]1CCC[C@@H](c2ccc(O)cc2)CC1. The molecular weight excluding hydrogens is 200 g/mol. The van der Waals surface area contributed by atoms with E-state index < -0.39 is 0 Å². The van der Waals surface area contributed by atoms with Gasteiger partial charge in [-0.3, -0.25) is 0 Å². The molecule has 0 radical (unpaired) electrons. The number of phenolic OH excluding ortho intramolecular Hbond substituents is 1. The van der Waals surface area contributed by atoms with Crippen molar-refractivity contribution in [2.24, 2.45) is 5.92 Å². The van der Waals surface area contributed by atoms with Gasteiger partial charge in [0.1, 0.15) is 5.75 Å². The van der Waals surface area contributed by atoms with Crippen LogP contribution < -0.4 is 0 Å².